The van der Waals surface area contributed by atoms with Gasteiger partial charge in [-0.3, -0.25) is 4.79 Å². The first-order valence-corrected chi connectivity index (χ1v) is 6.77. The molecule has 1 aromatic carbocycles. The fraction of sp³-hybridized carbons (Fsp3) is 0.375. The van der Waals surface area contributed by atoms with E-state index < -0.39 is 0 Å². The zero-order chi connectivity index (χ0) is 13.5. The molecule has 3 nitrogen and oxygen atoms in total. The average molecular weight is 254 g/mol. The summed E-state index contributed by atoms with van der Waals surface area (Å²) in [4.78, 5) is 14.0. The van der Waals surface area contributed by atoms with Crippen molar-refractivity contribution in [1.82, 2.24) is 4.90 Å². The molecule has 3 heteroatoms. The molecule has 0 aliphatic carbocycles. The Balaban J connectivity index is 1.96. The van der Waals surface area contributed by atoms with E-state index in [4.69, 9.17) is 5.26 Å². The molecular weight excluding hydrogens is 236 g/mol. The van der Waals surface area contributed by atoms with Crippen molar-refractivity contribution in [3.8, 4) is 6.07 Å². The highest BCUT2D eigenvalue weighted by atomic mass is 16.2. The van der Waals surface area contributed by atoms with Gasteiger partial charge in [0, 0.05) is 19.2 Å². The minimum atomic E-state index is 0.0891. The number of benzene rings is 1. The molecule has 2 rings (SSSR count). The third-order valence-electron chi connectivity index (χ3n) is 3.38. The van der Waals surface area contributed by atoms with Crippen molar-refractivity contribution in [2.75, 3.05) is 13.1 Å². The Morgan fingerprint density at radius 2 is 1.74 bits per heavy atom. The zero-order valence-corrected chi connectivity index (χ0v) is 11.0. The Morgan fingerprint density at radius 1 is 1.11 bits per heavy atom. The van der Waals surface area contributed by atoms with Gasteiger partial charge in [-0.25, -0.2) is 0 Å². The maximum atomic E-state index is 12.0. The molecular formula is C16H18N2O. The Labute approximate surface area is 114 Å². The topological polar surface area (TPSA) is 44.1 Å². The summed E-state index contributed by atoms with van der Waals surface area (Å²) >= 11 is 0. The lowest BCUT2D eigenvalue weighted by atomic mass is 10.1. The van der Waals surface area contributed by atoms with Gasteiger partial charge in [0.15, 0.2) is 0 Å². The number of carbonyl (C=O) groups is 1. The van der Waals surface area contributed by atoms with E-state index in [0.717, 1.165) is 31.5 Å². The van der Waals surface area contributed by atoms with Crippen LogP contribution in [0.15, 0.2) is 30.3 Å². The van der Waals surface area contributed by atoms with Gasteiger partial charge in [0.1, 0.15) is 0 Å². The van der Waals surface area contributed by atoms with Gasteiger partial charge in [0.25, 0.3) is 0 Å². The van der Waals surface area contributed by atoms with E-state index in [2.05, 4.69) is 6.07 Å². The van der Waals surface area contributed by atoms with Crippen LogP contribution < -0.4 is 0 Å². The second kappa shape index (κ2) is 6.75. The second-order valence-corrected chi connectivity index (χ2v) is 4.81. The van der Waals surface area contributed by atoms with Gasteiger partial charge in [-0.2, -0.15) is 5.26 Å². The Kier molecular flexibility index (Phi) is 4.74. The zero-order valence-electron chi connectivity index (χ0n) is 11.0. The molecule has 0 unspecified atom stereocenters. The fourth-order valence-electron chi connectivity index (χ4n) is 2.23. The van der Waals surface area contributed by atoms with Gasteiger partial charge in [0.05, 0.1) is 11.6 Å². The molecule has 19 heavy (non-hydrogen) atoms. The minimum absolute atomic E-state index is 0.0891. The van der Waals surface area contributed by atoms with Crippen LogP contribution in [0.25, 0.3) is 6.08 Å². The minimum Gasteiger partial charge on any atom is -0.339 e. The molecule has 1 heterocycles. The lowest BCUT2D eigenvalue weighted by molar-refractivity contribution is -0.125. The van der Waals surface area contributed by atoms with E-state index >= 15 is 0 Å². The van der Waals surface area contributed by atoms with Crippen LogP contribution >= 0.6 is 0 Å². The van der Waals surface area contributed by atoms with Crippen LogP contribution in [-0.4, -0.2) is 23.9 Å². The van der Waals surface area contributed by atoms with E-state index in [1.165, 1.54) is 12.8 Å². The van der Waals surface area contributed by atoms with Crippen LogP contribution in [0.4, 0.5) is 0 Å². The Bertz CT molecular complexity index is 488. The molecule has 0 spiro atoms. The van der Waals surface area contributed by atoms with Gasteiger partial charge >= 0.3 is 0 Å². The van der Waals surface area contributed by atoms with Crippen LogP contribution in [0.2, 0.25) is 0 Å². The normalized spacial score (nSPS) is 16.1. The summed E-state index contributed by atoms with van der Waals surface area (Å²) in [5.41, 5.74) is 1.58. The van der Waals surface area contributed by atoms with E-state index in [1.54, 1.807) is 18.2 Å². The Hall–Kier alpha value is -2.08. The van der Waals surface area contributed by atoms with Crippen LogP contribution in [0, 0.1) is 11.3 Å². The van der Waals surface area contributed by atoms with Crippen molar-refractivity contribution in [3.05, 3.63) is 41.5 Å². The van der Waals surface area contributed by atoms with E-state index in [-0.39, 0.29) is 5.91 Å². The lowest BCUT2D eigenvalue weighted by Gasteiger charge is -2.17. The van der Waals surface area contributed by atoms with Crippen molar-refractivity contribution in [1.29, 1.82) is 5.26 Å². The second-order valence-electron chi connectivity index (χ2n) is 4.81. The molecule has 98 valence electrons. The number of amides is 1. The number of carbonyl (C=O) groups excluding carboxylic acids is 1. The maximum Gasteiger partial charge on any atom is 0.246 e. The van der Waals surface area contributed by atoms with Crippen molar-refractivity contribution >= 4 is 12.0 Å². The number of rotatable bonds is 2. The molecule has 0 radical (unpaired) electrons. The number of likely N-dealkylation sites (tertiary alicyclic amines) is 1. The molecule has 1 saturated heterocycles. The van der Waals surface area contributed by atoms with Gasteiger partial charge in [-0.05, 0) is 36.6 Å². The highest BCUT2D eigenvalue weighted by Gasteiger charge is 2.12. The third kappa shape index (κ3) is 3.96. The molecule has 0 bridgehead atoms. The van der Waals surface area contributed by atoms with Crippen molar-refractivity contribution < 1.29 is 4.79 Å². The monoisotopic (exact) mass is 254 g/mol. The number of hydrogen-bond donors (Lipinski definition) is 0. The van der Waals surface area contributed by atoms with Gasteiger partial charge in [-0.15, -0.1) is 0 Å². The van der Waals surface area contributed by atoms with Crippen molar-refractivity contribution in [2.45, 2.75) is 25.7 Å². The van der Waals surface area contributed by atoms with E-state index in [1.807, 2.05) is 23.1 Å². The largest absolute Gasteiger partial charge is 0.339 e. The molecule has 1 aliphatic rings. The summed E-state index contributed by atoms with van der Waals surface area (Å²) in [6.07, 6.45) is 8.11. The SMILES string of the molecule is N#Cc1ccc(/C=C\C(=O)N2CCCCCC2)cc1. The highest BCUT2D eigenvalue weighted by Crippen LogP contribution is 2.11. The molecule has 0 aromatic heterocycles. The molecule has 1 aromatic rings. The van der Waals surface area contributed by atoms with Crippen LogP contribution in [0.5, 0.6) is 0 Å². The lowest BCUT2D eigenvalue weighted by Crippen LogP contribution is -2.30. The number of nitriles is 1. The van der Waals surface area contributed by atoms with Gasteiger partial charge in [0.2, 0.25) is 5.91 Å². The first-order valence-electron chi connectivity index (χ1n) is 6.77. The first-order chi connectivity index (χ1) is 9.29. The summed E-state index contributed by atoms with van der Waals surface area (Å²) in [7, 11) is 0. The van der Waals surface area contributed by atoms with Gasteiger partial charge in [-0.1, -0.05) is 25.0 Å². The summed E-state index contributed by atoms with van der Waals surface area (Å²) in [6.45, 7) is 1.74. The van der Waals surface area contributed by atoms with E-state index in [0.29, 0.717) is 5.56 Å². The van der Waals surface area contributed by atoms with E-state index in [9.17, 15) is 4.79 Å². The molecule has 0 atom stereocenters. The van der Waals surface area contributed by atoms with Crippen LogP contribution in [0.3, 0.4) is 0 Å². The average Bonchev–Trinajstić information content (AvgIpc) is 2.74. The summed E-state index contributed by atoms with van der Waals surface area (Å²) in [5.74, 6) is 0.0891. The molecule has 1 aliphatic heterocycles. The van der Waals surface area contributed by atoms with Crippen LogP contribution in [-0.2, 0) is 4.79 Å². The maximum absolute atomic E-state index is 12.0. The van der Waals surface area contributed by atoms with Crippen molar-refractivity contribution in [2.24, 2.45) is 0 Å². The van der Waals surface area contributed by atoms with Crippen molar-refractivity contribution in [3.63, 3.8) is 0 Å². The third-order valence-corrected chi connectivity index (χ3v) is 3.38. The summed E-state index contributed by atoms with van der Waals surface area (Å²) < 4.78 is 0. The first kappa shape index (κ1) is 13.4. The Morgan fingerprint density at radius 3 is 2.32 bits per heavy atom. The smallest absolute Gasteiger partial charge is 0.246 e. The highest BCUT2D eigenvalue weighted by molar-refractivity contribution is 5.91. The standard InChI is InChI=1S/C16H18N2O/c17-13-15-7-5-14(6-8-15)9-10-16(19)18-11-3-1-2-4-12-18/h5-10H,1-4,11-12H2/b10-9-. The number of hydrogen-bond acceptors (Lipinski definition) is 2. The molecule has 0 saturated carbocycles. The summed E-state index contributed by atoms with van der Waals surface area (Å²) in [6, 6.07) is 9.30. The predicted molar refractivity (Wildman–Crippen MR) is 75.2 cm³/mol. The van der Waals surface area contributed by atoms with Crippen LogP contribution in [0.1, 0.15) is 36.8 Å². The number of nitrogens with zero attached hydrogens (tertiary/aromatic N) is 2. The fourth-order valence-corrected chi connectivity index (χ4v) is 2.23. The quantitative estimate of drug-likeness (QED) is 0.761. The summed E-state index contributed by atoms with van der Waals surface area (Å²) in [5, 5.41) is 8.71. The molecule has 0 N–H and O–H groups in total. The molecule has 1 fully saturated rings. The van der Waals surface area contributed by atoms with Gasteiger partial charge < -0.3 is 4.90 Å². The predicted octanol–water partition coefficient (Wildman–Crippen LogP) is 2.97. The molecule has 1 amide bonds.